The van der Waals surface area contributed by atoms with E-state index < -0.39 is 35.3 Å². The summed E-state index contributed by atoms with van der Waals surface area (Å²) < 4.78 is 95.8. The average molecular weight is 477 g/mol. The van der Waals surface area contributed by atoms with Gasteiger partial charge in [0.2, 0.25) is 0 Å². The molecule has 3 rings (SSSR count). The number of rotatable bonds is 5. The average Bonchev–Trinajstić information content (AvgIpc) is 2.72. The van der Waals surface area contributed by atoms with Crippen LogP contribution in [0.5, 0.6) is 0 Å². The Morgan fingerprint density at radius 2 is 1.67 bits per heavy atom. The number of benzene rings is 2. The summed E-state index contributed by atoms with van der Waals surface area (Å²) in [5.41, 5.74) is -1.15. The van der Waals surface area contributed by atoms with E-state index in [-0.39, 0.29) is 24.8 Å². The number of alkyl halides is 6. The molecule has 2 atom stereocenters. The molecule has 0 radical (unpaired) electrons. The van der Waals surface area contributed by atoms with E-state index in [1.165, 1.54) is 25.3 Å². The monoisotopic (exact) mass is 477 g/mol. The number of piperidine rings is 1. The first kappa shape index (κ1) is 25.0. The first-order valence-electron chi connectivity index (χ1n) is 10.2. The number of carbonyl (C=O) groups is 1. The fourth-order valence-corrected chi connectivity index (χ4v) is 4.23. The van der Waals surface area contributed by atoms with Crippen molar-refractivity contribution < 1.29 is 40.3 Å². The normalized spacial score (nSPS) is 20.0. The Hall–Kier alpha value is -2.62. The van der Waals surface area contributed by atoms with Crippen molar-refractivity contribution in [1.29, 1.82) is 0 Å². The maximum atomic E-state index is 14.0. The van der Waals surface area contributed by atoms with E-state index in [9.17, 15) is 35.5 Å². The SMILES string of the molecule is COC(=O)CC1CC(c2ccc(C(F)(F)F)cc2)CN(Cc2ccc(C(F)(F)F)c(F)c2)C1. The van der Waals surface area contributed by atoms with Crippen LogP contribution < -0.4 is 0 Å². The number of carbonyl (C=O) groups excluding carboxylic acids is 1. The molecule has 0 aromatic heterocycles. The quantitative estimate of drug-likeness (QED) is 0.389. The summed E-state index contributed by atoms with van der Waals surface area (Å²) in [7, 11) is 1.25. The van der Waals surface area contributed by atoms with E-state index in [0.29, 0.717) is 36.7 Å². The molecule has 3 nitrogen and oxygen atoms in total. The molecule has 0 aliphatic carbocycles. The molecular formula is C23H22F7NO2. The summed E-state index contributed by atoms with van der Waals surface area (Å²) in [5.74, 6) is -2.20. The minimum Gasteiger partial charge on any atom is -0.469 e. The molecule has 0 N–H and O–H groups in total. The number of likely N-dealkylation sites (tertiary alicyclic amines) is 1. The Balaban J connectivity index is 1.80. The lowest BCUT2D eigenvalue weighted by Crippen LogP contribution is -2.40. The second kappa shape index (κ2) is 9.70. The second-order valence-electron chi connectivity index (χ2n) is 8.20. The number of ether oxygens (including phenoxy) is 1. The predicted octanol–water partition coefficient (Wildman–Crippen LogP) is 6.03. The molecule has 10 heteroatoms. The van der Waals surface area contributed by atoms with E-state index in [4.69, 9.17) is 4.74 Å². The first-order chi connectivity index (χ1) is 15.4. The Morgan fingerprint density at radius 1 is 1.00 bits per heavy atom. The fraction of sp³-hybridized carbons (Fsp3) is 0.435. The van der Waals surface area contributed by atoms with Crippen molar-refractivity contribution in [3.63, 3.8) is 0 Å². The van der Waals surface area contributed by atoms with Crippen LogP contribution in [0.15, 0.2) is 42.5 Å². The number of halogens is 7. The Bertz CT molecular complexity index is 970. The van der Waals surface area contributed by atoms with Gasteiger partial charge in [-0.2, -0.15) is 26.3 Å². The van der Waals surface area contributed by atoms with Crippen LogP contribution in [0.25, 0.3) is 0 Å². The van der Waals surface area contributed by atoms with Gasteiger partial charge in [-0.05, 0) is 53.6 Å². The zero-order valence-corrected chi connectivity index (χ0v) is 17.6. The van der Waals surface area contributed by atoms with Crippen LogP contribution in [0, 0.1) is 11.7 Å². The molecule has 2 aromatic rings. The molecule has 0 spiro atoms. The molecule has 0 amide bonds. The van der Waals surface area contributed by atoms with Crippen LogP contribution in [0.2, 0.25) is 0 Å². The number of hydrogen-bond donors (Lipinski definition) is 0. The number of methoxy groups -OCH3 is 1. The fourth-order valence-electron chi connectivity index (χ4n) is 4.23. The molecule has 2 unspecified atom stereocenters. The molecule has 1 aliphatic heterocycles. The van der Waals surface area contributed by atoms with Gasteiger partial charge in [0, 0.05) is 26.1 Å². The highest BCUT2D eigenvalue weighted by Crippen LogP contribution is 2.36. The molecule has 180 valence electrons. The van der Waals surface area contributed by atoms with Gasteiger partial charge in [0.15, 0.2) is 0 Å². The van der Waals surface area contributed by atoms with Crippen molar-refractivity contribution >= 4 is 5.97 Å². The van der Waals surface area contributed by atoms with Gasteiger partial charge in [0.25, 0.3) is 0 Å². The van der Waals surface area contributed by atoms with E-state index in [2.05, 4.69) is 0 Å². The highest BCUT2D eigenvalue weighted by molar-refractivity contribution is 5.69. The molecule has 1 aliphatic rings. The van der Waals surface area contributed by atoms with E-state index >= 15 is 0 Å². The topological polar surface area (TPSA) is 29.5 Å². The maximum absolute atomic E-state index is 14.0. The van der Waals surface area contributed by atoms with Gasteiger partial charge >= 0.3 is 18.3 Å². The number of esters is 1. The summed E-state index contributed by atoms with van der Waals surface area (Å²) in [4.78, 5) is 13.7. The third-order valence-corrected chi connectivity index (χ3v) is 5.75. The lowest BCUT2D eigenvalue weighted by molar-refractivity contribution is -0.142. The molecule has 2 aromatic carbocycles. The van der Waals surface area contributed by atoms with Crippen molar-refractivity contribution in [1.82, 2.24) is 4.90 Å². The van der Waals surface area contributed by atoms with Gasteiger partial charge in [-0.25, -0.2) is 4.39 Å². The lowest BCUT2D eigenvalue weighted by Gasteiger charge is -2.38. The van der Waals surface area contributed by atoms with Crippen LogP contribution in [0.3, 0.4) is 0 Å². The Morgan fingerprint density at radius 3 is 2.21 bits per heavy atom. The number of hydrogen-bond acceptors (Lipinski definition) is 3. The highest BCUT2D eigenvalue weighted by atomic mass is 19.4. The molecule has 1 saturated heterocycles. The third-order valence-electron chi connectivity index (χ3n) is 5.75. The summed E-state index contributed by atoms with van der Waals surface area (Å²) >= 11 is 0. The Kier molecular flexibility index (Phi) is 7.36. The lowest BCUT2D eigenvalue weighted by atomic mass is 9.82. The van der Waals surface area contributed by atoms with Crippen LogP contribution in [0.1, 0.15) is 41.0 Å². The minimum absolute atomic E-state index is 0.0888. The summed E-state index contributed by atoms with van der Waals surface area (Å²) in [6.07, 6.45) is -8.64. The van der Waals surface area contributed by atoms with Gasteiger partial charge in [0.05, 0.1) is 18.2 Å². The predicted molar refractivity (Wildman–Crippen MR) is 106 cm³/mol. The second-order valence-corrected chi connectivity index (χ2v) is 8.20. The minimum atomic E-state index is -4.80. The van der Waals surface area contributed by atoms with Crippen molar-refractivity contribution in [2.24, 2.45) is 5.92 Å². The van der Waals surface area contributed by atoms with Crippen LogP contribution >= 0.6 is 0 Å². The third kappa shape index (κ3) is 6.46. The van der Waals surface area contributed by atoms with Crippen molar-refractivity contribution in [2.75, 3.05) is 20.2 Å². The molecule has 0 bridgehead atoms. The molecule has 0 saturated carbocycles. The van der Waals surface area contributed by atoms with Gasteiger partial charge in [0.1, 0.15) is 5.82 Å². The first-order valence-corrected chi connectivity index (χ1v) is 10.2. The molecular weight excluding hydrogens is 455 g/mol. The molecule has 1 fully saturated rings. The number of nitrogens with zero attached hydrogens (tertiary/aromatic N) is 1. The van der Waals surface area contributed by atoms with Crippen molar-refractivity contribution in [3.05, 3.63) is 70.5 Å². The van der Waals surface area contributed by atoms with E-state index in [0.717, 1.165) is 18.2 Å². The van der Waals surface area contributed by atoms with E-state index in [1.54, 1.807) is 0 Å². The zero-order valence-electron chi connectivity index (χ0n) is 17.6. The van der Waals surface area contributed by atoms with E-state index in [1.807, 2.05) is 4.90 Å². The highest BCUT2D eigenvalue weighted by Gasteiger charge is 2.35. The summed E-state index contributed by atoms with van der Waals surface area (Å²) in [6.45, 7) is 0.935. The van der Waals surface area contributed by atoms with Gasteiger partial charge < -0.3 is 4.74 Å². The standard InChI is InChI=1S/C23H22F7NO2/c1-33-21(32)10-15-8-17(16-3-5-18(6-4-16)22(25,26)27)13-31(12-15)11-14-2-7-19(20(24)9-14)23(28,29)30/h2-7,9,15,17H,8,10-13H2,1H3. The van der Waals surface area contributed by atoms with Crippen molar-refractivity contribution in [2.45, 2.75) is 37.7 Å². The molecule has 1 heterocycles. The van der Waals surface area contributed by atoms with Crippen LogP contribution in [-0.4, -0.2) is 31.1 Å². The van der Waals surface area contributed by atoms with Gasteiger partial charge in [-0.15, -0.1) is 0 Å². The van der Waals surface area contributed by atoms with Gasteiger partial charge in [-0.3, -0.25) is 9.69 Å². The summed E-state index contributed by atoms with van der Waals surface area (Å²) in [5, 5.41) is 0. The molecule has 33 heavy (non-hydrogen) atoms. The zero-order chi connectivity index (χ0) is 24.4. The summed E-state index contributed by atoms with van der Waals surface area (Å²) in [6, 6.07) is 7.49. The van der Waals surface area contributed by atoms with Gasteiger partial charge in [-0.1, -0.05) is 18.2 Å². The maximum Gasteiger partial charge on any atom is 0.419 e. The Labute approximate surface area is 186 Å². The smallest absolute Gasteiger partial charge is 0.419 e. The van der Waals surface area contributed by atoms with Crippen LogP contribution in [0.4, 0.5) is 30.7 Å². The van der Waals surface area contributed by atoms with Crippen molar-refractivity contribution in [3.8, 4) is 0 Å². The largest absolute Gasteiger partial charge is 0.469 e. The van der Waals surface area contributed by atoms with Crippen LogP contribution in [-0.2, 0) is 28.4 Å².